The van der Waals surface area contributed by atoms with E-state index in [1.54, 1.807) is 11.3 Å². The highest BCUT2D eigenvalue weighted by atomic mass is 79.9. The Morgan fingerprint density at radius 2 is 1.92 bits per heavy atom. The maximum absolute atomic E-state index is 12.0. The fourth-order valence-electron chi connectivity index (χ4n) is 2.72. The van der Waals surface area contributed by atoms with Gasteiger partial charge in [0.05, 0.1) is 10.7 Å². The number of amides is 1. The first-order valence-electron chi connectivity index (χ1n) is 8.63. The molecule has 2 aromatic carbocycles. The van der Waals surface area contributed by atoms with Crippen molar-refractivity contribution in [3.8, 4) is 11.3 Å². The van der Waals surface area contributed by atoms with Crippen molar-refractivity contribution < 1.29 is 4.79 Å². The van der Waals surface area contributed by atoms with Crippen molar-refractivity contribution in [2.75, 3.05) is 6.54 Å². The number of aryl methyl sites for hydroxylation is 2. The van der Waals surface area contributed by atoms with Crippen LogP contribution in [0.15, 0.2) is 58.4 Å². The van der Waals surface area contributed by atoms with Crippen LogP contribution in [0, 0.1) is 6.92 Å². The summed E-state index contributed by atoms with van der Waals surface area (Å²) >= 11 is 5.12. The molecule has 0 spiro atoms. The van der Waals surface area contributed by atoms with E-state index in [-0.39, 0.29) is 5.91 Å². The fourth-order valence-corrected chi connectivity index (χ4v) is 3.79. The van der Waals surface area contributed by atoms with Crippen LogP contribution in [-0.4, -0.2) is 17.4 Å². The first kappa shape index (κ1) is 18.8. The Morgan fingerprint density at radius 3 is 2.62 bits per heavy atom. The summed E-state index contributed by atoms with van der Waals surface area (Å²) in [6.45, 7) is 2.67. The van der Waals surface area contributed by atoms with Crippen molar-refractivity contribution in [3.05, 3.63) is 74.5 Å². The minimum atomic E-state index is 0.0968. The van der Waals surface area contributed by atoms with E-state index < -0.39 is 0 Å². The lowest BCUT2D eigenvalue weighted by Crippen LogP contribution is -2.25. The zero-order chi connectivity index (χ0) is 18.4. The van der Waals surface area contributed by atoms with Gasteiger partial charge in [-0.15, -0.1) is 11.3 Å². The molecular formula is C21H21BrN2OS. The zero-order valence-electron chi connectivity index (χ0n) is 14.7. The van der Waals surface area contributed by atoms with Crippen LogP contribution in [0.25, 0.3) is 11.3 Å². The minimum absolute atomic E-state index is 0.0968. The van der Waals surface area contributed by atoms with Crippen molar-refractivity contribution in [1.29, 1.82) is 0 Å². The molecule has 1 amide bonds. The summed E-state index contributed by atoms with van der Waals surface area (Å²) in [4.78, 5) is 16.5. The second kappa shape index (κ2) is 9.10. The topological polar surface area (TPSA) is 42.0 Å². The summed E-state index contributed by atoms with van der Waals surface area (Å²) in [5.41, 5.74) is 4.55. The Bertz CT molecular complexity index is 874. The third kappa shape index (κ3) is 5.51. The fraction of sp³-hybridized carbons (Fsp3) is 0.238. The number of benzene rings is 2. The number of halogens is 1. The molecule has 0 aliphatic rings. The maximum atomic E-state index is 12.0. The van der Waals surface area contributed by atoms with Crippen LogP contribution in [0.4, 0.5) is 0 Å². The van der Waals surface area contributed by atoms with Gasteiger partial charge in [0, 0.05) is 28.4 Å². The summed E-state index contributed by atoms with van der Waals surface area (Å²) in [6.07, 6.45) is 2.10. The van der Waals surface area contributed by atoms with E-state index in [2.05, 4.69) is 61.9 Å². The van der Waals surface area contributed by atoms with Gasteiger partial charge in [-0.1, -0.05) is 52.3 Å². The molecule has 3 nitrogen and oxygen atoms in total. The Hall–Kier alpha value is -1.98. The molecule has 1 N–H and O–H groups in total. The number of nitrogens with one attached hydrogen (secondary N) is 1. The molecule has 0 unspecified atom stereocenters. The van der Waals surface area contributed by atoms with Crippen molar-refractivity contribution in [2.24, 2.45) is 0 Å². The van der Waals surface area contributed by atoms with E-state index in [0.717, 1.165) is 33.6 Å². The number of thiazole rings is 1. The SMILES string of the molecule is Cc1nc(-c2ccc(CCNC(=O)CCc3cccc(Br)c3)cc2)cs1. The molecule has 1 aromatic heterocycles. The quantitative estimate of drug-likeness (QED) is 0.563. The molecule has 0 bridgehead atoms. The normalized spacial score (nSPS) is 10.7. The second-order valence-electron chi connectivity index (χ2n) is 6.18. The molecule has 134 valence electrons. The summed E-state index contributed by atoms with van der Waals surface area (Å²) in [6, 6.07) is 16.5. The highest BCUT2D eigenvalue weighted by molar-refractivity contribution is 9.10. The lowest BCUT2D eigenvalue weighted by Gasteiger charge is -2.06. The summed E-state index contributed by atoms with van der Waals surface area (Å²) in [7, 11) is 0. The predicted octanol–water partition coefficient (Wildman–Crippen LogP) is 5.17. The first-order chi connectivity index (χ1) is 12.6. The molecule has 0 saturated carbocycles. The van der Waals surface area contributed by atoms with Crippen LogP contribution in [0.3, 0.4) is 0 Å². The Balaban J connectivity index is 1.42. The maximum Gasteiger partial charge on any atom is 0.220 e. The molecule has 0 aliphatic heterocycles. The molecule has 0 fully saturated rings. The lowest BCUT2D eigenvalue weighted by molar-refractivity contribution is -0.121. The number of nitrogens with zero attached hydrogens (tertiary/aromatic N) is 1. The van der Waals surface area contributed by atoms with E-state index in [9.17, 15) is 4.79 Å². The Morgan fingerprint density at radius 1 is 1.12 bits per heavy atom. The average molecular weight is 429 g/mol. The van der Waals surface area contributed by atoms with E-state index in [0.29, 0.717) is 13.0 Å². The summed E-state index contributed by atoms with van der Waals surface area (Å²) in [5, 5.41) is 6.16. The Labute approximate surface area is 166 Å². The first-order valence-corrected chi connectivity index (χ1v) is 10.3. The highest BCUT2D eigenvalue weighted by Crippen LogP contribution is 2.21. The van der Waals surface area contributed by atoms with Crippen LogP contribution >= 0.6 is 27.3 Å². The molecule has 5 heteroatoms. The lowest BCUT2D eigenvalue weighted by atomic mass is 10.1. The number of hydrogen-bond acceptors (Lipinski definition) is 3. The monoisotopic (exact) mass is 428 g/mol. The number of aromatic nitrogens is 1. The van der Waals surface area contributed by atoms with Crippen LogP contribution in [-0.2, 0) is 17.6 Å². The Kier molecular flexibility index (Phi) is 6.58. The molecule has 0 aliphatic carbocycles. The molecule has 3 rings (SSSR count). The number of carbonyl (C=O) groups is 1. The molecular weight excluding hydrogens is 408 g/mol. The van der Waals surface area contributed by atoms with Gasteiger partial charge in [0.1, 0.15) is 0 Å². The van der Waals surface area contributed by atoms with Crippen molar-refractivity contribution in [2.45, 2.75) is 26.2 Å². The van der Waals surface area contributed by atoms with Gasteiger partial charge in [0.2, 0.25) is 5.91 Å². The van der Waals surface area contributed by atoms with Gasteiger partial charge >= 0.3 is 0 Å². The molecule has 26 heavy (non-hydrogen) atoms. The van der Waals surface area contributed by atoms with Gasteiger partial charge in [-0.3, -0.25) is 4.79 Å². The van der Waals surface area contributed by atoms with Crippen LogP contribution in [0.5, 0.6) is 0 Å². The van der Waals surface area contributed by atoms with Gasteiger partial charge in [0.15, 0.2) is 0 Å². The number of rotatable bonds is 7. The second-order valence-corrected chi connectivity index (χ2v) is 8.16. The predicted molar refractivity (Wildman–Crippen MR) is 111 cm³/mol. The van der Waals surface area contributed by atoms with E-state index in [1.165, 1.54) is 11.1 Å². The zero-order valence-corrected chi connectivity index (χ0v) is 17.1. The molecule has 0 saturated heterocycles. The standard InChI is InChI=1S/C21H21BrN2OS/c1-15-24-20(14-26-15)18-8-5-16(6-9-18)11-12-23-21(25)10-7-17-3-2-4-19(22)13-17/h2-6,8-9,13-14H,7,10-12H2,1H3,(H,23,25). The largest absolute Gasteiger partial charge is 0.356 e. The van der Waals surface area contributed by atoms with Gasteiger partial charge in [-0.2, -0.15) is 0 Å². The summed E-state index contributed by atoms with van der Waals surface area (Å²) in [5.74, 6) is 0.0968. The third-order valence-corrected chi connectivity index (χ3v) is 5.40. The smallest absolute Gasteiger partial charge is 0.220 e. The molecule has 1 heterocycles. The van der Waals surface area contributed by atoms with Crippen LogP contribution in [0.1, 0.15) is 22.6 Å². The van der Waals surface area contributed by atoms with Crippen LogP contribution in [0.2, 0.25) is 0 Å². The molecule has 0 radical (unpaired) electrons. The summed E-state index contributed by atoms with van der Waals surface area (Å²) < 4.78 is 1.05. The highest BCUT2D eigenvalue weighted by Gasteiger charge is 2.04. The van der Waals surface area contributed by atoms with Gasteiger partial charge in [-0.25, -0.2) is 4.98 Å². The average Bonchev–Trinajstić information content (AvgIpc) is 3.07. The van der Waals surface area contributed by atoms with E-state index in [1.807, 2.05) is 25.1 Å². The van der Waals surface area contributed by atoms with E-state index >= 15 is 0 Å². The van der Waals surface area contributed by atoms with Gasteiger partial charge in [0.25, 0.3) is 0 Å². The number of carbonyl (C=O) groups excluding carboxylic acids is 1. The number of hydrogen-bond donors (Lipinski definition) is 1. The molecule has 0 atom stereocenters. The minimum Gasteiger partial charge on any atom is -0.356 e. The molecule has 3 aromatic rings. The van der Waals surface area contributed by atoms with Crippen molar-refractivity contribution in [1.82, 2.24) is 10.3 Å². The van der Waals surface area contributed by atoms with E-state index in [4.69, 9.17) is 0 Å². The van der Waals surface area contributed by atoms with Crippen LogP contribution < -0.4 is 5.32 Å². The van der Waals surface area contributed by atoms with Gasteiger partial charge < -0.3 is 5.32 Å². The van der Waals surface area contributed by atoms with Crippen molar-refractivity contribution >= 4 is 33.2 Å². The third-order valence-electron chi connectivity index (χ3n) is 4.13. The van der Waals surface area contributed by atoms with Crippen molar-refractivity contribution in [3.63, 3.8) is 0 Å². The van der Waals surface area contributed by atoms with Gasteiger partial charge in [-0.05, 0) is 43.0 Å².